The van der Waals surface area contributed by atoms with E-state index in [2.05, 4.69) is 29.2 Å². The van der Waals surface area contributed by atoms with E-state index in [9.17, 15) is 4.79 Å². The van der Waals surface area contributed by atoms with Crippen molar-refractivity contribution in [1.29, 1.82) is 0 Å². The average Bonchev–Trinajstić information content (AvgIpc) is 3.61. The number of aromatic nitrogens is 1. The second kappa shape index (κ2) is 1.18. The van der Waals surface area contributed by atoms with Gasteiger partial charge in [-0.25, -0.2) is 0 Å². The zero-order chi connectivity index (χ0) is 16.6. The Kier molecular flexibility index (Phi) is 0.484. The molecule has 2 aromatic rings. The van der Waals surface area contributed by atoms with E-state index < -0.39 is 6.51 Å². The van der Waals surface area contributed by atoms with E-state index in [1.165, 1.54) is 48.9 Å². The number of fused-ring (bicyclic) bond motifs is 10. The molecule has 12 rings (SSSR count). The minimum atomic E-state index is -3.21. The standard InChI is InChI=1S/C17H13N2O.C5H5.Fe/c18-17(20)13-9-10-19-16(11-13)15-8-4-3-7-14(15)12-5-1-2-6-12;1-2-4-5-3-1;/h1-11H,(H2,18,20);1-5H;. The van der Waals surface area contributed by atoms with Crippen LogP contribution < -0.4 is 5.73 Å². The Labute approximate surface area is 140 Å². The zero-order valence-electron chi connectivity index (χ0n) is 14.0. The van der Waals surface area contributed by atoms with Crippen molar-refractivity contribution in [3.8, 4) is 11.3 Å². The third-order valence-corrected chi connectivity index (χ3v) is 59.7. The molecular weight excluding hydrogens is 364 g/mol. The van der Waals surface area contributed by atoms with E-state index in [0.717, 1.165) is 5.69 Å². The molecule has 26 heavy (non-hydrogen) atoms. The summed E-state index contributed by atoms with van der Waals surface area (Å²) in [6, 6.07) is 12.8. The number of amides is 1. The third kappa shape index (κ3) is 0.168. The summed E-state index contributed by atoms with van der Waals surface area (Å²) < 4.78 is 0.708. The summed E-state index contributed by atoms with van der Waals surface area (Å²) in [4.78, 5) is 28.1. The number of primary amides is 1. The van der Waals surface area contributed by atoms with Gasteiger partial charge in [0, 0.05) is 0 Å². The van der Waals surface area contributed by atoms with E-state index in [1.54, 1.807) is 17.8 Å². The monoisotopic (exact) mass is 382 g/mol. The van der Waals surface area contributed by atoms with Crippen LogP contribution in [0.3, 0.4) is 0 Å². The first-order valence-electron chi connectivity index (χ1n) is 10.0. The summed E-state index contributed by atoms with van der Waals surface area (Å²) >= 11 is 0. The first kappa shape index (κ1) is 10.6. The van der Waals surface area contributed by atoms with Gasteiger partial charge in [-0.3, -0.25) is 0 Å². The van der Waals surface area contributed by atoms with Gasteiger partial charge in [0.2, 0.25) is 0 Å². The van der Waals surface area contributed by atoms with Crippen molar-refractivity contribution >= 4 is 5.91 Å². The predicted octanol–water partition coefficient (Wildman–Crippen LogP) is 4.64. The second-order valence-electron chi connectivity index (χ2n) is 13.0. The molecule has 0 saturated carbocycles. The molecule has 4 unspecified atom stereocenters. The Morgan fingerprint density at radius 1 is 0.962 bits per heavy atom. The van der Waals surface area contributed by atoms with E-state index in [1.807, 2.05) is 6.07 Å². The molecule has 1 amide bonds. The molecule has 1 spiro atoms. The molecule has 10 fully saturated rings. The molecule has 10 saturated heterocycles. The van der Waals surface area contributed by atoms with Crippen LogP contribution in [-0.4, -0.2) is 10.9 Å². The summed E-state index contributed by atoms with van der Waals surface area (Å²) in [5.74, 6) is -0.357. The number of pyridine rings is 1. The average molecular weight is 382 g/mol. The van der Waals surface area contributed by atoms with E-state index >= 15 is 0 Å². The van der Waals surface area contributed by atoms with Crippen molar-refractivity contribution in [2.75, 3.05) is 0 Å². The normalized spacial score (nSPS) is 81.6. The van der Waals surface area contributed by atoms with Gasteiger partial charge in [0.05, 0.1) is 0 Å². The van der Waals surface area contributed by atoms with Gasteiger partial charge in [0.15, 0.2) is 0 Å². The zero-order valence-corrected chi connectivity index (χ0v) is 15.1. The first-order valence-corrected chi connectivity index (χ1v) is 16.3. The molecule has 10 aliphatic heterocycles. The fourth-order valence-electron chi connectivity index (χ4n) is 18.7. The van der Waals surface area contributed by atoms with Crippen LogP contribution in [0.25, 0.3) is 11.3 Å². The minimum absolute atomic E-state index is 0.357. The Morgan fingerprint density at radius 2 is 1.62 bits per heavy atom. The predicted molar refractivity (Wildman–Crippen MR) is 93.6 cm³/mol. The van der Waals surface area contributed by atoms with Gasteiger partial charge in [-0.05, 0) is 0 Å². The second-order valence-corrected chi connectivity index (χ2v) is 36.6. The van der Waals surface area contributed by atoms with Crippen LogP contribution in [-0.2, 0) is 10.8 Å². The molecule has 0 aliphatic carbocycles. The van der Waals surface area contributed by atoms with Crippen molar-refractivity contribution in [2.45, 2.75) is 47.7 Å². The van der Waals surface area contributed by atoms with Gasteiger partial charge >= 0.3 is 141 Å². The summed E-state index contributed by atoms with van der Waals surface area (Å²) in [5, 5.41) is 0. The number of carbonyl (C=O) groups is 1. The number of nitrogens with two attached hydrogens (primary N) is 1. The van der Waals surface area contributed by atoms with Gasteiger partial charge in [-0.2, -0.15) is 0 Å². The van der Waals surface area contributed by atoms with Crippen molar-refractivity contribution in [3.63, 3.8) is 0 Å². The molecule has 3 nitrogen and oxygen atoms in total. The molecular formula is C22H18FeN2O. The molecule has 0 bridgehead atoms. The molecule has 0 radical (unpaired) electrons. The van der Waals surface area contributed by atoms with Crippen LogP contribution in [0.4, 0.5) is 0 Å². The van der Waals surface area contributed by atoms with Gasteiger partial charge in [-0.1, -0.05) is 0 Å². The van der Waals surface area contributed by atoms with Crippen molar-refractivity contribution in [1.82, 2.24) is 4.98 Å². The Balaban J connectivity index is 1.24. The summed E-state index contributed by atoms with van der Waals surface area (Å²) in [7, 11) is 0. The summed E-state index contributed by atoms with van der Waals surface area (Å²) in [6.07, 6.45) is 1.75. The first-order chi connectivity index (χ1) is 12.4. The summed E-state index contributed by atoms with van der Waals surface area (Å²) in [6.45, 7) is -3.21. The number of hydrogen-bond acceptors (Lipinski definition) is 2. The fourth-order valence-corrected chi connectivity index (χ4v) is 92.9. The van der Waals surface area contributed by atoms with Crippen molar-refractivity contribution in [2.24, 2.45) is 5.73 Å². The van der Waals surface area contributed by atoms with Crippen LogP contribution in [0.5, 0.6) is 0 Å². The van der Waals surface area contributed by atoms with E-state index in [4.69, 9.17) is 5.73 Å². The van der Waals surface area contributed by atoms with Gasteiger partial charge in [-0.15, -0.1) is 0 Å². The molecule has 130 valence electrons. The number of hydrogen-bond donors (Lipinski definition) is 1. The van der Waals surface area contributed by atoms with Gasteiger partial charge < -0.3 is 0 Å². The Bertz CT molecular complexity index is 1530. The molecule has 4 heteroatoms. The maximum atomic E-state index is 11.7. The SMILES string of the molecule is NC(=O)c1ccnc(-c2ccccc2[C]23[CH]4[CH]5[CH]6[CH]2[Fe]56432789[CH]3[CH]2[CH]7[CH]8[CH]39)c1. The van der Waals surface area contributed by atoms with E-state index in [-0.39, 0.29) is 5.91 Å². The summed E-state index contributed by atoms with van der Waals surface area (Å²) in [5.41, 5.74) is 10.1. The van der Waals surface area contributed by atoms with E-state index in [0.29, 0.717) is 9.88 Å². The van der Waals surface area contributed by atoms with Gasteiger partial charge in [0.1, 0.15) is 0 Å². The fraction of sp³-hybridized carbons (Fsp3) is 0.455. The van der Waals surface area contributed by atoms with Crippen molar-refractivity contribution < 1.29 is 11.3 Å². The van der Waals surface area contributed by atoms with Crippen LogP contribution >= 0.6 is 0 Å². The van der Waals surface area contributed by atoms with Gasteiger partial charge in [0.25, 0.3) is 0 Å². The van der Waals surface area contributed by atoms with Crippen LogP contribution in [0.15, 0.2) is 42.6 Å². The van der Waals surface area contributed by atoms with Crippen LogP contribution in [0.2, 0.25) is 43.3 Å². The molecule has 1 aromatic heterocycles. The Hall–Kier alpha value is -1.64. The number of nitrogens with zero attached hydrogens (tertiary/aromatic N) is 1. The molecule has 11 heterocycles. The molecule has 1 aromatic carbocycles. The van der Waals surface area contributed by atoms with Crippen LogP contribution in [0, 0.1) is 0 Å². The molecule has 2 N–H and O–H groups in total. The molecule has 4 atom stereocenters. The van der Waals surface area contributed by atoms with Crippen LogP contribution in [0.1, 0.15) is 15.9 Å². The quantitative estimate of drug-likeness (QED) is 0.787. The topological polar surface area (TPSA) is 56.0 Å². The molecule has 10 aliphatic rings. The number of rotatable bonds is 3. The number of benzene rings is 1. The maximum absolute atomic E-state index is 11.7. The third-order valence-electron chi connectivity index (χ3n) is 17.3. The van der Waals surface area contributed by atoms with Crippen molar-refractivity contribution in [3.05, 3.63) is 53.7 Å². The number of carbonyl (C=O) groups excluding carboxylic acids is 1. The Morgan fingerprint density at radius 3 is 2.15 bits per heavy atom.